The fourth-order valence-electron chi connectivity index (χ4n) is 1.81. The first-order valence-electron chi connectivity index (χ1n) is 5.96. The molecule has 0 amide bonds. The standard InChI is InChI=1S/C14H16O3S/c1-3-17-14(16)13(15)9(2)12-8-10-6-4-5-7-11(10)18-12/h4-9,13,15H,3H2,1-2H3. The molecule has 4 heteroatoms. The summed E-state index contributed by atoms with van der Waals surface area (Å²) in [6.07, 6.45) is -1.10. The van der Waals surface area contributed by atoms with Crippen molar-refractivity contribution in [2.75, 3.05) is 6.61 Å². The summed E-state index contributed by atoms with van der Waals surface area (Å²) in [5.41, 5.74) is 0. The van der Waals surface area contributed by atoms with Gasteiger partial charge in [-0.1, -0.05) is 25.1 Å². The van der Waals surface area contributed by atoms with E-state index in [4.69, 9.17) is 4.74 Å². The smallest absolute Gasteiger partial charge is 0.335 e. The van der Waals surface area contributed by atoms with E-state index in [0.717, 1.165) is 15.0 Å². The molecule has 2 aromatic rings. The van der Waals surface area contributed by atoms with E-state index in [1.165, 1.54) is 0 Å². The van der Waals surface area contributed by atoms with Gasteiger partial charge in [-0.3, -0.25) is 0 Å². The Morgan fingerprint density at radius 3 is 2.83 bits per heavy atom. The Morgan fingerprint density at radius 1 is 1.44 bits per heavy atom. The molecule has 0 aliphatic rings. The molecule has 0 fully saturated rings. The molecule has 2 atom stereocenters. The number of rotatable bonds is 4. The van der Waals surface area contributed by atoms with Gasteiger partial charge in [0.25, 0.3) is 0 Å². The summed E-state index contributed by atoms with van der Waals surface area (Å²) in [6.45, 7) is 3.86. The van der Waals surface area contributed by atoms with Crippen LogP contribution in [0.3, 0.4) is 0 Å². The summed E-state index contributed by atoms with van der Waals surface area (Å²) in [5, 5.41) is 11.1. The van der Waals surface area contributed by atoms with E-state index >= 15 is 0 Å². The molecule has 2 unspecified atom stereocenters. The zero-order valence-electron chi connectivity index (χ0n) is 10.4. The molecule has 1 heterocycles. The van der Waals surface area contributed by atoms with Crippen molar-refractivity contribution in [2.24, 2.45) is 0 Å². The van der Waals surface area contributed by atoms with Crippen LogP contribution in [0.1, 0.15) is 24.6 Å². The van der Waals surface area contributed by atoms with Gasteiger partial charge in [0.05, 0.1) is 6.61 Å². The lowest BCUT2D eigenvalue weighted by molar-refractivity contribution is -0.153. The molecule has 0 spiro atoms. The van der Waals surface area contributed by atoms with Crippen LogP contribution in [0, 0.1) is 0 Å². The number of carbonyl (C=O) groups is 1. The van der Waals surface area contributed by atoms with Gasteiger partial charge in [0.15, 0.2) is 6.10 Å². The Morgan fingerprint density at radius 2 is 2.17 bits per heavy atom. The van der Waals surface area contributed by atoms with E-state index in [0.29, 0.717) is 0 Å². The maximum absolute atomic E-state index is 11.5. The molecule has 18 heavy (non-hydrogen) atoms. The van der Waals surface area contributed by atoms with E-state index in [1.807, 2.05) is 37.3 Å². The fourth-order valence-corrected chi connectivity index (χ4v) is 2.96. The van der Waals surface area contributed by atoms with Crippen LogP contribution < -0.4 is 0 Å². The number of hydrogen-bond acceptors (Lipinski definition) is 4. The number of fused-ring (bicyclic) bond motifs is 1. The van der Waals surface area contributed by atoms with Crippen LogP contribution in [-0.4, -0.2) is 23.8 Å². The van der Waals surface area contributed by atoms with Crippen LogP contribution in [0.25, 0.3) is 10.1 Å². The van der Waals surface area contributed by atoms with Crippen molar-refractivity contribution in [3.63, 3.8) is 0 Å². The summed E-state index contributed by atoms with van der Waals surface area (Å²) < 4.78 is 6.00. The van der Waals surface area contributed by atoms with Crippen LogP contribution in [0.2, 0.25) is 0 Å². The predicted molar refractivity (Wildman–Crippen MR) is 72.9 cm³/mol. The van der Waals surface area contributed by atoms with Gasteiger partial charge in [0.1, 0.15) is 0 Å². The quantitative estimate of drug-likeness (QED) is 0.864. The highest BCUT2D eigenvalue weighted by molar-refractivity contribution is 7.19. The van der Waals surface area contributed by atoms with E-state index in [9.17, 15) is 9.90 Å². The number of esters is 1. The van der Waals surface area contributed by atoms with Crippen molar-refractivity contribution >= 4 is 27.4 Å². The van der Waals surface area contributed by atoms with Crippen molar-refractivity contribution in [2.45, 2.75) is 25.9 Å². The van der Waals surface area contributed by atoms with Crippen LogP contribution >= 0.6 is 11.3 Å². The van der Waals surface area contributed by atoms with Gasteiger partial charge < -0.3 is 9.84 Å². The Labute approximate surface area is 110 Å². The first-order valence-corrected chi connectivity index (χ1v) is 6.78. The molecule has 1 aromatic carbocycles. The molecule has 0 aliphatic carbocycles. The van der Waals surface area contributed by atoms with Crippen LogP contribution in [0.15, 0.2) is 30.3 Å². The fraction of sp³-hybridized carbons (Fsp3) is 0.357. The van der Waals surface area contributed by atoms with E-state index in [2.05, 4.69) is 0 Å². The monoisotopic (exact) mass is 264 g/mol. The van der Waals surface area contributed by atoms with E-state index in [1.54, 1.807) is 18.3 Å². The second-order valence-electron chi connectivity index (χ2n) is 4.17. The number of benzene rings is 1. The second-order valence-corrected chi connectivity index (χ2v) is 5.29. The Bertz CT molecular complexity index is 514. The normalized spacial score (nSPS) is 14.4. The maximum Gasteiger partial charge on any atom is 0.335 e. The van der Waals surface area contributed by atoms with Gasteiger partial charge >= 0.3 is 5.97 Å². The topological polar surface area (TPSA) is 46.5 Å². The average molecular weight is 264 g/mol. The molecular formula is C14H16O3S. The Kier molecular flexibility index (Phi) is 3.99. The van der Waals surface area contributed by atoms with Crippen molar-refractivity contribution in [1.82, 2.24) is 0 Å². The minimum Gasteiger partial charge on any atom is -0.464 e. The number of ether oxygens (including phenoxy) is 1. The number of aliphatic hydroxyl groups is 1. The lowest BCUT2D eigenvalue weighted by Gasteiger charge is -2.15. The lowest BCUT2D eigenvalue weighted by atomic mass is 10.0. The van der Waals surface area contributed by atoms with Gasteiger partial charge in [0, 0.05) is 15.5 Å². The van der Waals surface area contributed by atoms with Crippen molar-refractivity contribution in [1.29, 1.82) is 0 Å². The third-order valence-electron chi connectivity index (χ3n) is 2.90. The van der Waals surface area contributed by atoms with Gasteiger partial charge in [-0.15, -0.1) is 11.3 Å². The van der Waals surface area contributed by atoms with Gasteiger partial charge in [0.2, 0.25) is 0 Å². The maximum atomic E-state index is 11.5. The first kappa shape index (κ1) is 13.1. The summed E-state index contributed by atoms with van der Waals surface area (Å²) in [5.74, 6) is -0.802. The summed E-state index contributed by atoms with van der Waals surface area (Å²) in [7, 11) is 0. The third-order valence-corrected chi connectivity index (χ3v) is 4.21. The highest BCUT2D eigenvalue weighted by atomic mass is 32.1. The van der Waals surface area contributed by atoms with Crippen molar-refractivity contribution < 1.29 is 14.6 Å². The molecule has 2 rings (SSSR count). The Hall–Kier alpha value is -1.39. The predicted octanol–water partition coefficient (Wildman–Crippen LogP) is 2.93. The molecule has 1 N–H and O–H groups in total. The highest BCUT2D eigenvalue weighted by Gasteiger charge is 2.26. The summed E-state index contributed by atoms with van der Waals surface area (Å²) in [6, 6.07) is 10.0. The molecule has 0 bridgehead atoms. The number of thiophene rings is 1. The minimum atomic E-state index is -1.10. The van der Waals surface area contributed by atoms with E-state index < -0.39 is 12.1 Å². The molecular weight excluding hydrogens is 248 g/mol. The molecule has 0 saturated heterocycles. The SMILES string of the molecule is CCOC(=O)C(O)C(C)c1cc2ccccc2s1. The third kappa shape index (κ3) is 2.54. The van der Waals surface area contributed by atoms with Gasteiger partial charge in [-0.2, -0.15) is 0 Å². The van der Waals surface area contributed by atoms with Crippen LogP contribution in [0.4, 0.5) is 0 Å². The zero-order valence-corrected chi connectivity index (χ0v) is 11.2. The summed E-state index contributed by atoms with van der Waals surface area (Å²) >= 11 is 1.60. The lowest BCUT2D eigenvalue weighted by Crippen LogP contribution is -2.28. The zero-order chi connectivity index (χ0) is 13.1. The van der Waals surface area contributed by atoms with Crippen LogP contribution in [-0.2, 0) is 9.53 Å². The average Bonchev–Trinajstić information content (AvgIpc) is 2.81. The highest BCUT2D eigenvalue weighted by Crippen LogP contribution is 2.32. The van der Waals surface area contributed by atoms with Gasteiger partial charge in [-0.25, -0.2) is 4.79 Å². The van der Waals surface area contributed by atoms with E-state index in [-0.39, 0.29) is 12.5 Å². The summed E-state index contributed by atoms with van der Waals surface area (Å²) in [4.78, 5) is 12.5. The molecule has 0 radical (unpaired) electrons. The van der Waals surface area contributed by atoms with Crippen molar-refractivity contribution in [3.8, 4) is 0 Å². The molecule has 96 valence electrons. The number of hydrogen-bond donors (Lipinski definition) is 1. The molecule has 0 saturated carbocycles. The van der Waals surface area contributed by atoms with Gasteiger partial charge in [-0.05, 0) is 24.4 Å². The van der Waals surface area contributed by atoms with Crippen molar-refractivity contribution in [3.05, 3.63) is 35.2 Å². The molecule has 3 nitrogen and oxygen atoms in total. The largest absolute Gasteiger partial charge is 0.464 e. The number of aliphatic hydroxyl groups excluding tert-OH is 1. The van der Waals surface area contributed by atoms with Crippen LogP contribution in [0.5, 0.6) is 0 Å². The minimum absolute atomic E-state index is 0.249. The molecule has 0 aliphatic heterocycles. The second kappa shape index (κ2) is 5.50. The number of carbonyl (C=O) groups excluding carboxylic acids is 1. The first-order chi connectivity index (χ1) is 8.63. The molecule has 1 aromatic heterocycles. The Balaban J connectivity index is 2.22.